The number of rotatable bonds is 9. The number of aromatic amines is 1. The summed E-state index contributed by atoms with van der Waals surface area (Å²) in [7, 11) is 4.97. The topological polar surface area (TPSA) is 84.6 Å². The van der Waals surface area contributed by atoms with Crippen LogP contribution in [0.1, 0.15) is 25.0 Å². The molecule has 1 amide bonds. The van der Waals surface area contributed by atoms with Crippen molar-refractivity contribution in [2.75, 3.05) is 47.6 Å². The van der Waals surface area contributed by atoms with Gasteiger partial charge in [0.2, 0.25) is 5.91 Å². The SMILES string of the molecule is COCC1(C(=O)NCCCc2cc3c(OC)cc(OC)cc3[nH]2)CCNCC1.Cl. The lowest BCUT2D eigenvalue weighted by molar-refractivity contribution is -0.136. The Hall–Kier alpha value is -1.96. The van der Waals surface area contributed by atoms with E-state index in [-0.39, 0.29) is 18.3 Å². The van der Waals surface area contributed by atoms with Crippen LogP contribution in [0.25, 0.3) is 10.9 Å². The van der Waals surface area contributed by atoms with Crippen molar-refractivity contribution in [1.82, 2.24) is 15.6 Å². The van der Waals surface area contributed by atoms with E-state index in [9.17, 15) is 4.79 Å². The number of ether oxygens (including phenoxy) is 3. The van der Waals surface area contributed by atoms with Gasteiger partial charge in [0.05, 0.1) is 31.8 Å². The molecule has 0 radical (unpaired) electrons. The first kappa shape index (κ1) is 23.3. The molecule has 0 aliphatic carbocycles. The quantitative estimate of drug-likeness (QED) is 0.538. The summed E-state index contributed by atoms with van der Waals surface area (Å²) in [5.74, 6) is 1.66. The zero-order valence-corrected chi connectivity index (χ0v) is 18.2. The molecule has 1 aromatic heterocycles. The van der Waals surface area contributed by atoms with E-state index in [1.165, 1.54) is 0 Å². The Morgan fingerprint density at radius 1 is 1.14 bits per heavy atom. The number of benzene rings is 1. The Labute approximate surface area is 178 Å². The summed E-state index contributed by atoms with van der Waals surface area (Å²) in [4.78, 5) is 16.2. The average Bonchev–Trinajstić information content (AvgIpc) is 3.14. The number of nitrogens with one attached hydrogen (secondary N) is 3. The molecule has 2 heterocycles. The van der Waals surface area contributed by atoms with Crippen molar-refractivity contribution in [2.24, 2.45) is 5.41 Å². The number of methoxy groups -OCH3 is 3. The summed E-state index contributed by atoms with van der Waals surface area (Å²) in [5, 5.41) is 7.47. The zero-order chi connectivity index (χ0) is 20.0. The number of carbonyl (C=O) groups excluding carboxylic acids is 1. The Bertz CT molecular complexity index is 797. The molecule has 0 unspecified atom stereocenters. The molecule has 8 heteroatoms. The van der Waals surface area contributed by atoms with Gasteiger partial charge in [-0.15, -0.1) is 12.4 Å². The molecule has 1 saturated heterocycles. The van der Waals surface area contributed by atoms with Gasteiger partial charge in [0, 0.05) is 36.9 Å². The highest BCUT2D eigenvalue weighted by molar-refractivity contribution is 5.88. The fraction of sp³-hybridized carbons (Fsp3) is 0.571. The maximum Gasteiger partial charge on any atom is 0.228 e. The molecule has 2 aromatic rings. The lowest BCUT2D eigenvalue weighted by Gasteiger charge is -2.35. The fourth-order valence-electron chi connectivity index (χ4n) is 3.95. The number of fused-ring (bicyclic) bond motifs is 1. The molecule has 1 aliphatic rings. The third kappa shape index (κ3) is 5.35. The Balaban J connectivity index is 0.00000300. The second kappa shape index (κ2) is 10.7. The first-order valence-corrected chi connectivity index (χ1v) is 9.83. The van der Waals surface area contributed by atoms with Crippen LogP contribution in [-0.2, 0) is 16.0 Å². The molecule has 1 aromatic carbocycles. The van der Waals surface area contributed by atoms with Crippen molar-refractivity contribution in [3.05, 3.63) is 23.9 Å². The number of hydrogen-bond donors (Lipinski definition) is 3. The number of aromatic nitrogens is 1. The van der Waals surface area contributed by atoms with E-state index in [2.05, 4.69) is 21.7 Å². The van der Waals surface area contributed by atoms with Crippen LogP contribution >= 0.6 is 12.4 Å². The lowest BCUT2D eigenvalue weighted by Crippen LogP contribution is -2.50. The molecule has 1 aliphatic heterocycles. The van der Waals surface area contributed by atoms with Gasteiger partial charge in [-0.25, -0.2) is 0 Å². The summed E-state index contributed by atoms with van der Waals surface area (Å²) in [6, 6.07) is 5.96. The molecule has 0 atom stereocenters. The van der Waals surface area contributed by atoms with Gasteiger partial charge in [0.15, 0.2) is 0 Å². The largest absolute Gasteiger partial charge is 0.497 e. The summed E-state index contributed by atoms with van der Waals surface area (Å²) in [6.45, 7) is 2.84. The van der Waals surface area contributed by atoms with Crippen LogP contribution in [0.15, 0.2) is 18.2 Å². The molecule has 7 nitrogen and oxygen atoms in total. The summed E-state index contributed by atoms with van der Waals surface area (Å²) in [6.07, 6.45) is 3.34. The normalized spacial score (nSPS) is 15.6. The second-order valence-corrected chi connectivity index (χ2v) is 7.41. The zero-order valence-electron chi connectivity index (χ0n) is 17.4. The first-order chi connectivity index (χ1) is 13.6. The molecule has 1 fully saturated rings. The number of hydrogen-bond acceptors (Lipinski definition) is 5. The van der Waals surface area contributed by atoms with E-state index in [0.717, 1.165) is 66.9 Å². The molecular formula is C21H32ClN3O4. The number of piperidine rings is 1. The van der Waals surface area contributed by atoms with Crippen molar-refractivity contribution >= 4 is 29.2 Å². The van der Waals surface area contributed by atoms with E-state index in [1.54, 1.807) is 21.3 Å². The second-order valence-electron chi connectivity index (χ2n) is 7.41. The number of aryl methyl sites for hydroxylation is 1. The number of H-pyrrole nitrogens is 1. The number of carbonyl (C=O) groups is 1. The van der Waals surface area contributed by atoms with E-state index >= 15 is 0 Å². The van der Waals surface area contributed by atoms with Crippen molar-refractivity contribution in [2.45, 2.75) is 25.7 Å². The van der Waals surface area contributed by atoms with E-state index < -0.39 is 5.41 Å². The molecule has 3 rings (SSSR count). The maximum absolute atomic E-state index is 12.8. The predicted molar refractivity (Wildman–Crippen MR) is 116 cm³/mol. The van der Waals surface area contributed by atoms with Crippen LogP contribution in [0.3, 0.4) is 0 Å². The Morgan fingerprint density at radius 3 is 2.55 bits per heavy atom. The first-order valence-electron chi connectivity index (χ1n) is 9.83. The van der Waals surface area contributed by atoms with Gasteiger partial charge in [-0.3, -0.25) is 4.79 Å². The molecule has 0 saturated carbocycles. The van der Waals surface area contributed by atoms with Gasteiger partial charge in [-0.05, 0) is 44.8 Å². The van der Waals surface area contributed by atoms with E-state index in [4.69, 9.17) is 14.2 Å². The van der Waals surface area contributed by atoms with Gasteiger partial charge in [0.1, 0.15) is 11.5 Å². The van der Waals surface area contributed by atoms with Gasteiger partial charge >= 0.3 is 0 Å². The highest BCUT2D eigenvalue weighted by atomic mass is 35.5. The van der Waals surface area contributed by atoms with Crippen molar-refractivity contribution in [1.29, 1.82) is 0 Å². The molecule has 29 heavy (non-hydrogen) atoms. The number of amides is 1. The smallest absolute Gasteiger partial charge is 0.228 e. The summed E-state index contributed by atoms with van der Waals surface area (Å²) in [5.41, 5.74) is 1.71. The maximum atomic E-state index is 12.8. The van der Waals surface area contributed by atoms with Crippen LogP contribution in [0, 0.1) is 5.41 Å². The minimum atomic E-state index is -0.398. The molecular weight excluding hydrogens is 394 g/mol. The van der Waals surface area contributed by atoms with Crippen LogP contribution in [0.2, 0.25) is 0 Å². The van der Waals surface area contributed by atoms with Crippen LogP contribution in [-0.4, -0.2) is 58.5 Å². The van der Waals surface area contributed by atoms with Gasteiger partial charge in [0.25, 0.3) is 0 Å². The van der Waals surface area contributed by atoms with Gasteiger partial charge in [-0.2, -0.15) is 0 Å². The molecule has 3 N–H and O–H groups in total. The third-order valence-corrected chi connectivity index (χ3v) is 5.56. The van der Waals surface area contributed by atoms with Gasteiger partial charge in [-0.1, -0.05) is 0 Å². The number of halogens is 1. The highest BCUT2D eigenvalue weighted by Crippen LogP contribution is 2.32. The highest BCUT2D eigenvalue weighted by Gasteiger charge is 2.39. The minimum absolute atomic E-state index is 0. The third-order valence-electron chi connectivity index (χ3n) is 5.56. The monoisotopic (exact) mass is 425 g/mol. The van der Waals surface area contributed by atoms with Crippen molar-refractivity contribution in [3.8, 4) is 11.5 Å². The molecule has 0 bridgehead atoms. The van der Waals surface area contributed by atoms with Crippen molar-refractivity contribution in [3.63, 3.8) is 0 Å². The lowest BCUT2D eigenvalue weighted by atomic mass is 9.78. The fourth-order valence-corrected chi connectivity index (χ4v) is 3.95. The molecule has 0 spiro atoms. The van der Waals surface area contributed by atoms with Crippen LogP contribution < -0.4 is 20.1 Å². The Morgan fingerprint density at radius 2 is 1.90 bits per heavy atom. The Kier molecular flexibility index (Phi) is 8.61. The van der Waals surface area contributed by atoms with Crippen LogP contribution in [0.5, 0.6) is 11.5 Å². The summed E-state index contributed by atoms with van der Waals surface area (Å²) >= 11 is 0. The predicted octanol–water partition coefficient (Wildman–Crippen LogP) is 2.67. The summed E-state index contributed by atoms with van der Waals surface area (Å²) < 4.78 is 16.1. The van der Waals surface area contributed by atoms with Crippen LogP contribution in [0.4, 0.5) is 0 Å². The van der Waals surface area contributed by atoms with Crippen molar-refractivity contribution < 1.29 is 19.0 Å². The minimum Gasteiger partial charge on any atom is -0.497 e. The average molecular weight is 426 g/mol. The van der Waals surface area contributed by atoms with Gasteiger partial charge < -0.3 is 29.8 Å². The van der Waals surface area contributed by atoms with E-state index in [0.29, 0.717) is 13.2 Å². The standard InChI is InChI=1S/C21H31N3O4.ClH/c1-26-14-21(6-9-22-10-7-21)20(25)23-8-4-5-15-11-17-18(24-15)12-16(27-2)13-19(17)28-3;/h11-13,22,24H,4-10,14H2,1-3H3,(H,23,25);1H. The van der Waals surface area contributed by atoms with E-state index in [1.807, 2.05) is 12.1 Å². The molecule has 162 valence electrons.